The lowest BCUT2D eigenvalue weighted by molar-refractivity contribution is 0.380. The van der Waals surface area contributed by atoms with Gasteiger partial charge in [-0.15, -0.1) is 0 Å². The molecular formula is C10H18N2O. The quantitative estimate of drug-likeness (QED) is 0.761. The molecule has 0 aliphatic rings. The van der Waals surface area contributed by atoms with E-state index in [-0.39, 0.29) is 5.54 Å². The molecule has 0 spiro atoms. The molecule has 0 saturated heterocycles. The van der Waals surface area contributed by atoms with Crippen LogP contribution in [0.15, 0.2) is 4.42 Å². The monoisotopic (exact) mass is 182 g/mol. The molecule has 13 heavy (non-hydrogen) atoms. The molecule has 1 rings (SSSR count). The maximum absolute atomic E-state index is 5.44. The third-order valence-corrected chi connectivity index (χ3v) is 1.78. The predicted octanol–water partition coefficient (Wildman–Crippen LogP) is 2.18. The zero-order valence-corrected chi connectivity index (χ0v) is 9.06. The highest BCUT2D eigenvalue weighted by atomic mass is 16.4. The normalized spacial score (nSPS) is 12.1. The second-order valence-corrected chi connectivity index (χ2v) is 4.35. The average molecular weight is 182 g/mol. The molecule has 1 aromatic heterocycles. The number of nitrogens with one attached hydrogen (secondary N) is 1. The van der Waals surface area contributed by atoms with E-state index < -0.39 is 0 Å². The predicted molar refractivity (Wildman–Crippen MR) is 52.6 cm³/mol. The van der Waals surface area contributed by atoms with Gasteiger partial charge in [0.15, 0.2) is 5.89 Å². The van der Waals surface area contributed by atoms with Crippen LogP contribution in [0, 0.1) is 13.8 Å². The third-order valence-electron chi connectivity index (χ3n) is 1.78. The van der Waals surface area contributed by atoms with E-state index in [0.717, 1.165) is 23.9 Å². The number of oxazole rings is 1. The van der Waals surface area contributed by atoms with E-state index in [0.29, 0.717) is 0 Å². The topological polar surface area (TPSA) is 38.1 Å². The lowest BCUT2D eigenvalue weighted by Crippen LogP contribution is -2.35. The summed E-state index contributed by atoms with van der Waals surface area (Å²) in [5.74, 6) is 1.68. The first kappa shape index (κ1) is 10.3. The molecule has 1 heterocycles. The van der Waals surface area contributed by atoms with Crippen LogP contribution in [-0.2, 0) is 6.54 Å². The van der Waals surface area contributed by atoms with E-state index in [1.54, 1.807) is 0 Å². The third kappa shape index (κ3) is 3.19. The van der Waals surface area contributed by atoms with Crippen LogP contribution in [-0.4, -0.2) is 10.5 Å². The molecule has 0 unspecified atom stereocenters. The SMILES string of the molecule is Cc1nc(C)c(CNC(C)(C)C)o1. The Morgan fingerprint density at radius 2 is 1.92 bits per heavy atom. The maximum Gasteiger partial charge on any atom is 0.191 e. The molecule has 74 valence electrons. The molecule has 3 heteroatoms. The van der Waals surface area contributed by atoms with E-state index >= 15 is 0 Å². The first-order chi connectivity index (χ1) is 5.88. The fourth-order valence-electron chi connectivity index (χ4n) is 1.08. The Kier molecular flexibility index (Phi) is 2.76. The summed E-state index contributed by atoms with van der Waals surface area (Å²) in [6, 6.07) is 0. The van der Waals surface area contributed by atoms with Crippen molar-refractivity contribution in [3.63, 3.8) is 0 Å². The number of nitrogens with zero attached hydrogens (tertiary/aromatic N) is 1. The highest BCUT2D eigenvalue weighted by Crippen LogP contribution is 2.10. The smallest absolute Gasteiger partial charge is 0.191 e. The first-order valence-electron chi connectivity index (χ1n) is 4.56. The maximum atomic E-state index is 5.44. The first-order valence-corrected chi connectivity index (χ1v) is 4.56. The number of rotatable bonds is 2. The molecule has 0 radical (unpaired) electrons. The molecule has 3 nitrogen and oxygen atoms in total. The van der Waals surface area contributed by atoms with Gasteiger partial charge in [-0.25, -0.2) is 4.98 Å². The van der Waals surface area contributed by atoms with Gasteiger partial charge in [0.05, 0.1) is 12.2 Å². The van der Waals surface area contributed by atoms with Crippen molar-refractivity contribution in [2.24, 2.45) is 0 Å². The van der Waals surface area contributed by atoms with Crippen LogP contribution in [0.3, 0.4) is 0 Å². The van der Waals surface area contributed by atoms with Gasteiger partial charge in [-0.3, -0.25) is 0 Å². The van der Waals surface area contributed by atoms with Crippen molar-refractivity contribution >= 4 is 0 Å². The van der Waals surface area contributed by atoms with Gasteiger partial charge in [-0.05, 0) is 27.7 Å². The summed E-state index contributed by atoms with van der Waals surface area (Å²) in [5.41, 5.74) is 1.10. The van der Waals surface area contributed by atoms with Crippen molar-refractivity contribution < 1.29 is 4.42 Å². The lowest BCUT2D eigenvalue weighted by Gasteiger charge is -2.19. The number of aromatic nitrogens is 1. The molecule has 0 atom stereocenters. The molecule has 0 saturated carbocycles. The Morgan fingerprint density at radius 3 is 2.31 bits per heavy atom. The van der Waals surface area contributed by atoms with Gasteiger partial charge in [0.1, 0.15) is 5.76 Å². The van der Waals surface area contributed by atoms with Crippen LogP contribution in [0.1, 0.15) is 38.1 Å². The van der Waals surface area contributed by atoms with Crippen LogP contribution in [0.4, 0.5) is 0 Å². The van der Waals surface area contributed by atoms with Gasteiger partial charge in [0, 0.05) is 12.5 Å². The highest BCUT2D eigenvalue weighted by molar-refractivity contribution is 5.07. The molecule has 0 bridgehead atoms. The average Bonchev–Trinajstić information content (AvgIpc) is 2.24. The Bertz CT molecular complexity index is 284. The molecule has 0 aromatic carbocycles. The summed E-state index contributed by atoms with van der Waals surface area (Å²) in [4.78, 5) is 4.21. The minimum Gasteiger partial charge on any atom is -0.444 e. The van der Waals surface area contributed by atoms with E-state index in [4.69, 9.17) is 4.42 Å². The summed E-state index contributed by atoms with van der Waals surface area (Å²) in [7, 11) is 0. The summed E-state index contributed by atoms with van der Waals surface area (Å²) < 4.78 is 5.44. The molecule has 1 N–H and O–H groups in total. The minimum absolute atomic E-state index is 0.118. The largest absolute Gasteiger partial charge is 0.444 e. The van der Waals surface area contributed by atoms with Crippen LogP contribution in [0.5, 0.6) is 0 Å². The standard InChI is InChI=1S/C10H18N2O/c1-7-9(13-8(2)12-7)6-11-10(3,4)5/h11H,6H2,1-5H3. The summed E-state index contributed by atoms with van der Waals surface area (Å²) in [6.45, 7) is 11.0. The van der Waals surface area contributed by atoms with Crippen molar-refractivity contribution in [1.29, 1.82) is 0 Å². The van der Waals surface area contributed by atoms with Gasteiger partial charge >= 0.3 is 0 Å². The van der Waals surface area contributed by atoms with Crippen molar-refractivity contribution in [2.75, 3.05) is 0 Å². The molecule has 1 aromatic rings. The molecular weight excluding hydrogens is 164 g/mol. The van der Waals surface area contributed by atoms with Gasteiger partial charge in [0.25, 0.3) is 0 Å². The van der Waals surface area contributed by atoms with Crippen LogP contribution in [0.2, 0.25) is 0 Å². The van der Waals surface area contributed by atoms with Gasteiger partial charge in [-0.2, -0.15) is 0 Å². The van der Waals surface area contributed by atoms with Crippen molar-refractivity contribution in [3.05, 3.63) is 17.3 Å². The van der Waals surface area contributed by atoms with Gasteiger partial charge in [0.2, 0.25) is 0 Å². The summed E-state index contributed by atoms with van der Waals surface area (Å²) in [5, 5.41) is 3.36. The summed E-state index contributed by atoms with van der Waals surface area (Å²) in [6.07, 6.45) is 0. The van der Waals surface area contributed by atoms with E-state index in [1.807, 2.05) is 13.8 Å². The Morgan fingerprint density at radius 1 is 1.31 bits per heavy atom. The number of hydrogen-bond donors (Lipinski definition) is 1. The van der Waals surface area contributed by atoms with Crippen LogP contribution >= 0.6 is 0 Å². The van der Waals surface area contributed by atoms with Gasteiger partial charge in [-0.1, -0.05) is 0 Å². The Hall–Kier alpha value is -0.830. The summed E-state index contributed by atoms with van der Waals surface area (Å²) >= 11 is 0. The zero-order chi connectivity index (χ0) is 10.1. The van der Waals surface area contributed by atoms with E-state index in [1.165, 1.54) is 0 Å². The van der Waals surface area contributed by atoms with Crippen LogP contribution < -0.4 is 5.32 Å². The highest BCUT2D eigenvalue weighted by Gasteiger charge is 2.12. The lowest BCUT2D eigenvalue weighted by atomic mass is 10.1. The molecule has 0 fully saturated rings. The van der Waals surface area contributed by atoms with Crippen molar-refractivity contribution in [3.8, 4) is 0 Å². The number of hydrogen-bond acceptors (Lipinski definition) is 3. The second-order valence-electron chi connectivity index (χ2n) is 4.35. The molecule has 0 aliphatic carbocycles. The molecule has 0 aliphatic heterocycles. The van der Waals surface area contributed by atoms with E-state index in [2.05, 4.69) is 31.1 Å². The zero-order valence-electron chi connectivity index (χ0n) is 9.06. The second kappa shape index (κ2) is 3.50. The van der Waals surface area contributed by atoms with Crippen molar-refractivity contribution in [1.82, 2.24) is 10.3 Å². The fraction of sp³-hybridized carbons (Fsp3) is 0.700. The number of aryl methyl sites for hydroxylation is 2. The van der Waals surface area contributed by atoms with E-state index in [9.17, 15) is 0 Å². The fourth-order valence-corrected chi connectivity index (χ4v) is 1.08. The Labute approximate surface area is 79.5 Å². The minimum atomic E-state index is 0.118. The molecule has 0 amide bonds. The van der Waals surface area contributed by atoms with Crippen LogP contribution in [0.25, 0.3) is 0 Å². The van der Waals surface area contributed by atoms with Gasteiger partial charge < -0.3 is 9.73 Å². The van der Waals surface area contributed by atoms with Crippen molar-refractivity contribution in [2.45, 2.75) is 46.7 Å². The Balaban J connectivity index is 2.59.